The number of carbonyl (C=O) groups is 1. The Balaban J connectivity index is 1.76. The number of ether oxygens (including phenoxy) is 1. The Morgan fingerprint density at radius 2 is 2.05 bits per heavy atom. The number of likely N-dealkylation sites (tertiary alicyclic amines) is 1. The van der Waals surface area contributed by atoms with E-state index in [1.54, 1.807) is 4.90 Å². The summed E-state index contributed by atoms with van der Waals surface area (Å²) < 4.78 is 5.84. The first-order valence-corrected chi connectivity index (χ1v) is 7.24. The molecule has 0 radical (unpaired) electrons. The molecule has 0 saturated carbocycles. The summed E-state index contributed by atoms with van der Waals surface area (Å²) in [6.07, 6.45) is 0.108. The maximum Gasteiger partial charge on any atom is 0.317 e. The van der Waals surface area contributed by atoms with Crippen molar-refractivity contribution in [3.05, 3.63) is 29.8 Å². The van der Waals surface area contributed by atoms with Crippen LogP contribution in [0.5, 0.6) is 5.75 Å². The van der Waals surface area contributed by atoms with Crippen LogP contribution in [0.15, 0.2) is 24.3 Å². The summed E-state index contributed by atoms with van der Waals surface area (Å²) in [7, 11) is 0. The van der Waals surface area contributed by atoms with Crippen molar-refractivity contribution in [3.8, 4) is 5.75 Å². The van der Waals surface area contributed by atoms with Crippen LogP contribution in [-0.2, 0) is 0 Å². The van der Waals surface area contributed by atoms with E-state index in [2.05, 4.69) is 19.2 Å². The quantitative estimate of drug-likeness (QED) is 0.918. The number of hydrogen-bond acceptors (Lipinski definition) is 2. The molecule has 1 saturated heterocycles. The van der Waals surface area contributed by atoms with E-state index in [-0.39, 0.29) is 18.2 Å². The van der Waals surface area contributed by atoms with Crippen molar-refractivity contribution in [3.63, 3.8) is 0 Å². The zero-order chi connectivity index (χ0) is 14.7. The number of nitrogens with zero attached hydrogens (tertiary/aromatic N) is 1. The first kappa shape index (κ1) is 14.7. The second-order valence-corrected chi connectivity index (χ2v) is 5.94. The zero-order valence-corrected chi connectivity index (χ0v) is 12.7. The van der Waals surface area contributed by atoms with Crippen molar-refractivity contribution in [2.75, 3.05) is 13.1 Å². The van der Waals surface area contributed by atoms with Gasteiger partial charge >= 0.3 is 6.03 Å². The van der Waals surface area contributed by atoms with Gasteiger partial charge in [0.1, 0.15) is 11.9 Å². The minimum absolute atomic E-state index is 0.00953. The topological polar surface area (TPSA) is 41.6 Å². The first-order chi connectivity index (χ1) is 9.45. The Kier molecular flexibility index (Phi) is 4.53. The van der Waals surface area contributed by atoms with Crippen LogP contribution in [0.4, 0.5) is 4.79 Å². The average molecular weight is 276 g/mol. The summed E-state index contributed by atoms with van der Waals surface area (Å²) in [6.45, 7) is 9.59. The maximum atomic E-state index is 12.0. The molecule has 1 atom stereocenters. The Morgan fingerprint density at radius 3 is 2.65 bits per heavy atom. The Hall–Kier alpha value is -1.71. The number of urea groups is 1. The van der Waals surface area contributed by atoms with E-state index in [1.807, 2.05) is 38.1 Å². The predicted molar refractivity (Wildman–Crippen MR) is 80.0 cm³/mol. The number of rotatable bonds is 4. The lowest BCUT2D eigenvalue weighted by Gasteiger charge is -2.39. The lowest BCUT2D eigenvalue weighted by molar-refractivity contribution is 0.0431. The summed E-state index contributed by atoms with van der Waals surface area (Å²) in [5.74, 6) is 1.32. The Morgan fingerprint density at radius 1 is 1.35 bits per heavy atom. The van der Waals surface area contributed by atoms with Gasteiger partial charge in [-0.05, 0) is 37.5 Å². The molecule has 1 fully saturated rings. The molecule has 0 aromatic heterocycles. The molecule has 4 heteroatoms. The van der Waals surface area contributed by atoms with Gasteiger partial charge in [-0.25, -0.2) is 4.79 Å². The molecular weight excluding hydrogens is 252 g/mol. The third kappa shape index (κ3) is 3.65. The number of hydrogen-bond donors (Lipinski definition) is 1. The number of amides is 2. The van der Waals surface area contributed by atoms with Gasteiger partial charge in [-0.3, -0.25) is 0 Å². The summed E-state index contributed by atoms with van der Waals surface area (Å²) >= 11 is 0. The van der Waals surface area contributed by atoms with Crippen molar-refractivity contribution in [1.82, 2.24) is 10.2 Å². The van der Waals surface area contributed by atoms with E-state index in [4.69, 9.17) is 4.74 Å². The van der Waals surface area contributed by atoms with Gasteiger partial charge < -0.3 is 15.0 Å². The van der Waals surface area contributed by atoms with Crippen LogP contribution < -0.4 is 10.1 Å². The molecule has 1 aliphatic heterocycles. The van der Waals surface area contributed by atoms with Crippen LogP contribution >= 0.6 is 0 Å². The van der Waals surface area contributed by atoms with Gasteiger partial charge in [0, 0.05) is 6.04 Å². The summed E-state index contributed by atoms with van der Waals surface area (Å²) in [5.41, 5.74) is 1.18. The molecule has 1 N–H and O–H groups in total. The fourth-order valence-corrected chi connectivity index (χ4v) is 2.01. The van der Waals surface area contributed by atoms with E-state index in [9.17, 15) is 4.79 Å². The highest BCUT2D eigenvalue weighted by Crippen LogP contribution is 2.19. The molecule has 1 heterocycles. The number of carbonyl (C=O) groups excluding carboxylic acids is 1. The minimum Gasteiger partial charge on any atom is -0.487 e. The molecule has 2 amide bonds. The standard InChI is InChI=1S/C16H24N2O2/c1-11(2)13(4)17-16(19)18-9-15(10-18)20-14-7-5-6-12(3)8-14/h5-8,11,13,15H,9-10H2,1-4H3,(H,17,19). The number of nitrogens with one attached hydrogen (secondary N) is 1. The smallest absolute Gasteiger partial charge is 0.317 e. The summed E-state index contributed by atoms with van der Waals surface area (Å²) in [6, 6.07) is 8.20. The highest BCUT2D eigenvalue weighted by atomic mass is 16.5. The van der Waals surface area contributed by atoms with Crippen LogP contribution in [-0.4, -0.2) is 36.2 Å². The van der Waals surface area contributed by atoms with Gasteiger partial charge in [-0.15, -0.1) is 0 Å². The Bertz CT molecular complexity index is 467. The van der Waals surface area contributed by atoms with E-state index >= 15 is 0 Å². The average Bonchev–Trinajstić information content (AvgIpc) is 2.32. The fraction of sp³-hybridized carbons (Fsp3) is 0.562. The second kappa shape index (κ2) is 6.16. The molecule has 1 aliphatic rings. The molecule has 1 unspecified atom stereocenters. The molecule has 2 rings (SSSR count). The summed E-state index contributed by atoms with van der Waals surface area (Å²) in [5, 5.41) is 3.01. The SMILES string of the molecule is Cc1cccc(OC2CN(C(=O)NC(C)C(C)C)C2)c1. The molecule has 20 heavy (non-hydrogen) atoms. The van der Waals surface area contributed by atoms with Crippen molar-refractivity contribution in [2.24, 2.45) is 5.92 Å². The fourth-order valence-electron chi connectivity index (χ4n) is 2.01. The lowest BCUT2D eigenvalue weighted by atomic mass is 10.1. The molecular formula is C16H24N2O2. The first-order valence-electron chi connectivity index (χ1n) is 7.24. The maximum absolute atomic E-state index is 12.0. The molecule has 0 spiro atoms. The normalized spacial score (nSPS) is 16.8. The monoisotopic (exact) mass is 276 g/mol. The van der Waals surface area contributed by atoms with Crippen LogP contribution in [0.2, 0.25) is 0 Å². The number of aryl methyl sites for hydroxylation is 1. The van der Waals surface area contributed by atoms with Crippen LogP contribution in [0.1, 0.15) is 26.3 Å². The van der Waals surface area contributed by atoms with Gasteiger partial charge in [0.15, 0.2) is 0 Å². The lowest BCUT2D eigenvalue weighted by Crippen LogP contribution is -2.60. The molecule has 0 aliphatic carbocycles. The molecule has 1 aromatic carbocycles. The predicted octanol–water partition coefficient (Wildman–Crippen LogP) is 2.81. The minimum atomic E-state index is 0.00953. The molecule has 4 nitrogen and oxygen atoms in total. The third-order valence-electron chi connectivity index (χ3n) is 3.78. The van der Waals surface area contributed by atoms with Gasteiger partial charge in [-0.1, -0.05) is 26.0 Å². The zero-order valence-electron chi connectivity index (χ0n) is 12.7. The van der Waals surface area contributed by atoms with Crippen molar-refractivity contribution in [2.45, 2.75) is 39.8 Å². The Labute approximate surface area is 121 Å². The van der Waals surface area contributed by atoms with E-state index in [1.165, 1.54) is 5.56 Å². The van der Waals surface area contributed by atoms with Crippen LogP contribution in [0.25, 0.3) is 0 Å². The molecule has 0 bridgehead atoms. The van der Waals surface area contributed by atoms with Crippen molar-refractivity contribution < 1.29 is 9.53 Å². The van der Waals surface area contributed by atoms with E-state index in [0.29, 0.717) is 19.0 Å². The van der Waals surface area contributed by atoms with Gasteiger partial charge in [0.2, 0.25) is 0 Å². The molecule has 1 aromatic rings. The number of benzene rings is 1. The van der Waals surface area contributed by atoms with E-state index < -0.39 is 0 Å². The summed E-state index contributed by atoms with van der Waals surface area (Å²) in [4.78, 5) is 13.7. The van der Waals surface area contributed by atoms with Crippen molar-refractivity contribution >= 4 is 6.03 Å². The third-order valence-corrected chi connectivity index (χ3v) is 3.78. The van der Waals surface area contributed by atoms with Crippen LogP contribution in [0.3, 0.4) is 0 Å². The van der Waals surface area contributed by atoms with Gasteiger partial charge in [0.05, 0.1) is 13.1 Å². The second-order valence-electron chi connectivity index (χ2n) is 5.94. The largest absolute Gasteiger partial charge is 0.487 e. The van der Waals surface area contributed by atoms with Gasteiger partial charge in [-0.2, -0.15) is 0 Å². The van der Waals surface area contributed by atoms with E-state index in [0.717, 1.165) is 5.75 Å². The van der Waals surface area contributed by atoms with Gasteiger partial charge in [0.25, 0.3) is 0 Å². The van der Waals surface area contributed by atoms with Crippen LogP contribution in [0, 0.1) is 12.8 Å². The highest BCUT2D eigenvalue weighted by Gasteiger charge is 2.32. The molecule has 110 valence electrons. The highest BCUT2D eigenvalue weighted by molar-refractivity contribution is 5.75. The van der Waals surface area contributed by atoms with Crippen molar-refractivity contribution in [1.29, 1.82) is 0 Å².